The summed E-state index contributed by atoms with van der Waals surface area (Å²) in [5.41, 5.74) is 2.97. The number of benzene rings is 2. The van der Waals surface area contributed by atoms with Crippen LogP contribution in [0.25, 0.3) is 22.0 Å². The number of anilines is 1. The first-order chi connectivity index (χ1) is 13.5. The molecule has 142 valence electrons. The van der Waals surface area contributed by atoms with Gasteiger partial charge >= 0.3 is 5.63 Å². The Hall–Kier alpha value is -3.61. The van der Waals surface area contributed by atoms with Crippen molar-refractivity contribution in [1.29, 1.82) is 0 Å². The number of nitrogens with zero attached hydrogens (tertiary/aromatic N) is 1. The van der Waals surface area contributed by atoms with Crippen molar-refractivity contribution in [2.45, 2.75) is 19.8 Å². The third kappa shape index (κ3) is 3.34. The lowest BCUT2D eigenvalue weighted by Gasteiger charge is -2.08. The van der Waals surface area contributed by atoms with E-state index in [2.05, 4.69) is 15.3 Å². The zero-order valence-electron chi connectivity index (χ0n) is 15.5. The second kappa shape index (κ2) is 7.19. The molecule has 0 spiro atoms. The van der Waals surface area contributed by atoms with Gasteiger partial charge in [0, 0.05) is 23.4 Å². The Morgan fingerprint density at radius 1 is 1.25 bits per heavy atom. The van der Waals surface area contributed by atoms with Crippen LogP contribution in [0.1, 0.15) is 17.5 Å². The fraction of sp³-hybridized carbons (Fsp3) is 0.190. The van der Waals surface area contributed by atoms with E-state index in [1.807, 2.05) is 43.3 Å². The van der Waals surface area contributed by atoms with Crippen LogP contribution < -0.4 is 15.7 Å². The van der Waals surface area contributed by atoms with E-state index >= 15 is 0 Å². The molecule has 2 N–H and O–H groups in total. The van der Waals surface area contributed by atoms with Gasteiger partial charge in [-0.2, -0.15) is 0 Å². The third-order valence-electron chi connectivity index (χ3n) is 4.74. The second-order valence-electron chi connectivity index (χ2n) is 6.51. The van der Waals surface area contributed by atoms with Gasteiger partial charge in [-0.1, -0.05) is 12.1 Å². The van der Waals surface area contributed by atoms with Gasteiger partial charge in [-0.25, -0.2) is 9.78 Å². The maximum Gasteiger partial charge on any atom is 0.339 e. The van der Waals surface area contributed by atoms with E-state index in [0.717, 1.165) is 22.0 Å². The first-order valence-corrected chi connectivity index (χ1v) is 8.90. The Kier molecular flexibility index (Phi) is 4.57. The quantitative estimate of drug-likeness (QED) is 0.518. The number of carbonyl (C=O) groups excluding carboxylic acids is 1. The number of imidazole rings is 1. The largest absolute Gasteiger partial charge is 0.497 e. The number of H-pyrrole nitrogens is 1. The zero-order chi connectivity index (χ0) is 19.7. The van der Waals surface area contributed by atoms with Gasteiger partial charge in [-0.15, -0.1) is 0 Å². The predicted molar refractivity (Wildman–Crippen MR) is 107 cm³/mol. The van der Waals surface area contributed by atoms with Crippen molar-refractivity contribution in [2.24, 2.45) is 0 Å². The molecule has 4 aromatic rings. The molecule has 0 fully saturated rings. The molecular formula is C21H19N3O4. The van der Waals surface area contributed by atoms with Crippen molar-refractivity contribution in [3.05, 3.63) is 64.0 Å². The number of para-hydroxylation sites is 2. The lowest BCUT2D eigenvalue weighted by Crippen LogP contribution is -2.17. The van der Waals surface area contributed by atoms with Gasteiger partial charge < -0.3 is 14.1 Å². The number of carbonyl (C=O) groups is 1. The Labute approximate surface area is 160 Å². The molecule has 2 heterocycles. The highest BCUT2D eigenvalue weighted by molar-refractivity contribution is 5.91. The number of amides is 1. The minimum atomic E-state index is -0.435. The van der Waals surface area contributed by atoms with Gasteiger partial charge in [0.25, 0.3) is 0 Å². The summed E-state index contributed by atoms with van der Waals surface area (Å²) in [6, 6.07) is 12.9. The van der Waals surface area contributed by atoms with Crippen LogP contribution in [0.4, 0.5) is 5.95 Å². The van der Waals surface area contributed by atoms with E-state index < -0.39 is 5.63 Å². The molecule has 0 saturated carbocycles. The number of hydrogen-bond acceptors (Lipinski definition) is 5. The monoisotopic (exact) mass is 377 g/mol. The SMILES string of the molecule is COc1ccc2c(C)c(CCC(=O)Nc3nc4ccccc4[nH]3)c(=O)oc2c1. The lowest BCUT2D eigenvalue weighted by atomic mass is 10.0. The highest BCUT2D eigenvalue weighted by Gasteiger charge is 2.14. The number of fused-ring (bicyclic) bond motifs is 2. The number of hydrogen-bond donors (Lipinski definition) is 2. The summed E-state index contributed by atoms with van der Waals surface area (Å²) in [5.74, 6) is 0.779. The van der Waals surface area contributed by atoms with E-state index in [-0.39, 0.29) is 18.7 Å². The van der Waals surface area contributed by atoms with Crippen molar-refractivity contribution in [3.8, 4) is 5.75 Å². The molecule has 4 rings (SSSR count). The predicted octanol–water partition coefficient (Wildman–Crippen LogP) is 3.56. The molecule has 1 amide bonds. The van der Waals surface area contributed by atoms with Gasteiger partial charge in [0.15, 0.2) is 0 Å². The number of aromatic amines is 1. The highest BCUT2D eigenvalue weighted by Crippen LogP contribution is 2.24. The Balaban J connectivity index is 1.51. The number of rotatable bonds is 5. The number of ether oxygens (including phenoxy) is 1. The first-order valence-electron chi connectivity index (χ1n) is 8.90. The molecule has 0 aliphatic heterocycles. The molecule has 28 heavy (non-hydrogen) atoms. The summed E-state index contributed by atoms with van der Waals surface area (Å²) in [5, 5.41) is 3.56. The molecule has 7 heteroatoms. The number of methoxy groups -OCH3 is 1. The standard InChI is InChI=1S/C21H19N3O4/c1-12-14-8-7-13(27-2)11-18(14)28-20(26)15(12)9-10-19(25)24-21-22-16-5-3-4-6-17(16)23-21/h3-8,11H,9-10H2,1-2H3,(H2,22,23,24,25). The molecule has 0 aliphatic carbocycles. The van der Waals surface area contributed by atoms with Crippen LogP contribution in [0.2, 0.25) is 0 Å². The number of aromatic nitrogens is 2. The topological polar surface area (TPSA) is 97.2 Å². The number of nitrogens with one attached hydrogen (secondary N) is 2. The molecule has 0 bridgehead atoms. The normalized spacial score (nSPS) is 11.1. The Morgan fingerprint density at radius 3 is 2.86 bits per heavy atom. The van der Waals surface area contributed by atoms with Crippen LogP contribution in [0, 0.1) is 6.92 Å². The molecule has 2 aromatic carbocycles. The molecule has 0 radical (unpaired) electrons. The van der Waals surface area contributed by atoms with E-state index in [1.54, 1.807) is 13.2 Å². The van der Waals surface area contributed by atoms with Crippen LogP contribution in [0.3, 0.4) is 0 Å². The average Bonchev–Trinajstić information content (AvgIpc) is 3.09. The van der Waals surface area contributed by atoms with Crippen LogP contribution in [-0.4, -0.2) is 23.0 Å². The summed E-state index contributed by atoms with van der Waals surface area (Å²) >= 11 is 0. The van der Waals surface area contributed by atoms with Gasteiger partial charge in [-0.3, -0.25) is 10.1 Å². The Bertz CT molecular complexity index is 1210. The molecule has 0 atom stereocenters. The van der Waals surface area contributed by atoms with Crippen molar-refractivity contribution >= 4 is 33.9 Å². The smallest absolute Gasteiger partial charge is 0.339 e. The van der Waals surface area contributed by atoms with E-state index in [1.165, 1.54) is 0 Å². The van der Waals surface area contributed by atoms with Crippen molar-refractivity contribution in [1.82, 2.24) is 9.97 Å². The minimum Gasteiger partial charge on any atom is -0.497 e. The highest BCUT2D eigenvalue weighted by atomic mass is 16.5. The third-order valence-corrected chi connectivity index (χ3v) is 4.74. The molecule has 7 nitrogen and oxygen atoms in total. The summed E-state index contributed by atoms with van der Waals surface area (Å²) in [6.45, 7) is 1.86. The summed E-state index contributed by atoms with van der Waals surface area (Å²) < 4.78 is 10.6. The maximum atomic E-state index is 12.4. The lowest BCUT2D eigenvalue weighted by molar-refractivity contribution is -0.116. The minimum absolute atomic E-state index is 0.143. The molecule has 0 aliphatic rings. The van der Waals surface area contributed by atoms with Gasteiger partial charge in [0.2, 0.25) is 11.9 Å². The van der Waals surface area contributed by atoms with Crippen LogP contribution in [-0.2, 0) is 11.2 Å². The fourth-order valence-corrected chi connectivity index (χ4v) is 3.24. The average molecular weight is 377 g/mol. The zero-order valence-corrected chi connectivity index (χ0v) is 15.5. The Morgan fingerprint density at radius 2 is 2.07 bits per heavy atom. The molecule has 0 saturated heterocycles. The molecular weight excluding hydrogens is 358 g/mol. The molecule has 2 aromatic heterocycles. The van der Waals surface area contributed by atoms with E-state index in [0.29, 0.717) is 22.8 Å². The molecule has 0 unspecified atom stereocenters. The van der Waals surface area contributed by atoms with Crippen molar-refractivity contribution in [2.75, 3.05) is 12.4 Å². The van der Waals surface area contributed by atoms with Gasteiger partial charge in [-0.05, 0) is 43.2 Å². The van der Waals surface area contributed by atoms with Gasteiger partial charge in [0.1, 0.15) is 11.3 Å². The van der Waals surface area contributed by atoms with Gasteiger partial charge in [0.05, 0.1) is 18.1 Å². The maximum absolute atomic E-state index is 12.4. The summed E-state index contributed by atoms with van der Waals surface area (Å²) in [4.78, 5) is 32.1. The second-order valence-corrected chi connectivity index (χ2v) is 6.51. The van der Waals surface area contributed by atoms with Crippen LogP contribution in [0.15, 0.2) is 51.7 Å². The number of aryl methyl sites for hydroxylation is 1. The van der Waals surface area contributed by atoms with E-state index in [9.17, 15) is 9.59 Å². The summed E-state index contributed by atoms with van der Waals surface area (Å²) in [6.07, 6.45) is 0.423. The van der Waals surface area contributed by atoms with Crippen molar-refractivity contribution in [3.63, 3.8) is 0 Å². The fourth-order valence-electron chi connectivity index (χ4n) is 3.24. The summed E-state index contributed by atoms with van der Waals surface area (Å²) in [7, 11) is 1.56. The van der Waals surface area contributed by atoms with E-state index in [4.69, 9.17) is 9.15 Å². The van der Waals surface area contributed by atoms with Crippen LogP contribution in [0.5, 0.6) is 5.75 Å². The first kappa shape index (κ1) is 17.8. The van der Waals surface area contributed by atoms with Crippen molar-refractivity contribution < 1.29 is 13.9 Å². The van der Waals surface area contributed by atoms with Crippen LogP contribution >= 0.6 is 0 Å².